The topological polar surface area (TPSA) is 46.2 Å². The first-order valence-corrected chi connectivity index (χ1v) is 9.14. The van der Waals surface area contributed by atoms with Crippen molar-refractivity contribution < 1.29 is 8.42 Å². The minimum absolute atomic E-state index is 0.262. The number of rotatable bonds is 6. The van der Waals surface area contributed by atoms with Crippen LogP contribution in [0.15, 0.2) is 53.4 Å². The zero-order chi connectivity index (χ0) is 16.2. The second-order valence-corrected chi connectivity index (χ2v) is 7.15. The summed E-state index contributed by atoms with van der Waals surface area (Å²) in [5.74, 6) is 0. The molecule has 0 saturated heterocycles. The molecule has 2 rings (SSSR count). The fourth-order valence-corrected chi connectivity index (χ4v) is 3.55. The van der Waals surface area contributed by atoms with Gasteiger partial charge < -0.3 is 0 Å². The van der Waals surface area contributed by atoms with Crippen molar-refractivity contribution >= 4 is 10.0 Å². The van der Waals surface area contributed by atoms with Gasteiger partial charge >= 0.3 is 0 Å². The summed E-state index contributed by atoms with van der Waals surface area (Å²) < 4.78 is 27.6. The lowest BCUT2D eigenvalue weighted by Crippen LogP contribution is -2.26. The van der Waals surface area contributed by atoms with Gasteiger partial charge in [0, 0.05) is 6.04 Å². The van der Waals surface area contributed by atoms with Crippen LogP contribution in [0, 0.1) is 0 Å². The Balaban J connectivity index is 2.15. The number of aryl methyl sites for hydroxylation is 2. The first kappa shape index (κ1) is 16.7. The molecule has 0 aromatic heterocycles. The average Bonchev–Trinajstić information content (AvgIpc) is 2.54. The molecule has 0 radical (unpaired) electrons. The van der Waals surface area contributed by atoms with Crippen molar-refractivity contribution in [3.8, 4) is 0 Å². The normalized spacial score (nSPS) is 13.0. The van der Waals surface area contributed by atoms with E-state index in [2.05, 4.69) is 11.6 Å². The van der Waals surface area contributed by atoms with E-state index in [0.717, 1.165) is 24.0 Å². The summed E-state index contributed by atoms with van der Waals surface area (Å²) in [5.41, 5.74) is 3.34. The van der Waals surface area contributed by atoms with Crippen molar-refractivity contribution in [3.05, 3.63) is 65.2 Å². The second kappa shape index (κ2) is 7.07. The largest absolute Gasteiger partial charge is 0.241 e. The predicted molar refractivity (Wildman–Crippen MR) is 90.4 cm³/mol. The van der Waals surface area contributed by atoms with Gasteiger partial charge in [0.15, 0.2) is 0 Å². The van der Waals surface area contributed by atoms with Gasteiger partial charge in [-0.05, 0) is 48.6 Å². The molecule has 0 aliphatic carbocycles. The van der Waals surface area contributed by atoms with E-state index in [4.69, 9.17) is 0 Å². The molecule has 1 unspecified atom stereocenters. The summed E-state index contributed by atoms with van der Waals surface area (Å²) >= 11 is 0. The quantitative estimate of drug-likeness (QED) is 0.879. The maximum Gasteiger partial charge on any atom is 0.241 e. The van der Waals surface area contributed by atoms with Crippen molar-refractivity contribution in [1.82, 2.24) is 4.72 Å². The van der Waals surface area contributed by atoms with Gasteiger partial charge in [0.1, 0.15) is 0 Å². The van der Waals surface area contributed by atoms with Gasteiger partial charge in [0.2, 0.25) is 10.0 Å². The van der Waals surface area contributed by atoms with Crippen LogP contribution in [0.3, 0.4) is 0 Å². The molecule has 118 valence electrons. The minimum Gasteiger partial charge on any atom is -0.207 e. The zero-order valence-corrected chi connectivity index (χ0v) is 14.2. The van der Waals surface area contributed by atoms with E-state index < -0.39 is 10.0 Å². The molecule has 3 nitrogen and oxygen atoms in total. The summed E-state index contributed by atoms with van der Waals surface area (Å²) in [6, 6.07) is 14.8. The highest BCUT2D eigenvalue weighted by Gasteiger charge is 2.18. The Morgan fingerprint density at radius 3 is 1.77 bits per heavy atom. The van der Waals surface area contributed by atoms with Crippen LogP contribution < -0.4 is 4.72 Å². The Morgan fingerprint density at radius 1 is 0.864 bits per heavy atom. The molecule has 4 heteroatoms. The van der Waals surface area contributed by atoms with Crippen LogP contribution >= 0.6 is 0 Å². The van der Waals surface area contributed by atoms with E-state index in [1.165, 1.54) is 5.56 Å². The summed E-state index contributed by atoms with van der Waals surface area (Å²) in [4.78, 5) is 0.307. The molecule has 0 fully saturated rings. The Morgan fingerprint density at radius 2 is 1.32 bits per heavy atom. The highest BCUT2D eigenvalue weighted by Crippen LogP contribution is 2.18. The molecule has 0 bridgehead atoms. The molecule has 0 aliphatic heterocycles. The third-order valence-corrected chi connectivity index (χ3v) is 5.42. The minimum atomic E-state index is -3.50. The molecule has 0 aliphatic rings. The molecule has 0 amide bonds. The lowest BCUT2D eigenvalue weighted by Gasteiger charge is -2.15. The molecule has 0 spiro atoms. The van der Waals surface area contributed by atoms with E-state index in [-0.39, 0.29) is 6.04 Å². The standard InChI is InChI=1S/C18H23NO2S/c1-4-15-6-10-17(11-7-15)14(3)19-22(20,21)18-12-8-16(5-2)9-13-18/h6-14,19H,4-5H2,1-3H3. The highest BCUT2D eigenvalue weighted by atomic mass is 32.2. The van der Waals surface area contributed by atoms with Crippen LogP contribution in [-0.2, 0) is 22.9 Å². The van der Waals surface area contributed by atoms with Gasteiger partial charge in [-0.3, -0.25) is 0 Å². The summed E-state index contributed by atoms with van der Waals surface area (Å²) in [6.07, 6.45) is 1.87. The van der Waals surface area contributed by atoms with Crippen LogP contribution in [0.25, 0.3) is 0 Å². The highest BCUT2D eigenvalue weighted by molar-refractivity contribution is 7.89. The molecule has 1 N–H and O–H groups in total. The molecule has 0 heterocycles. The van der Waals surface area contributed by atoms with Crippen molar-refractivity contribution in [2.24, 2.45) is 0 Å². The smallest absolute Gasteiger partial charge is 0.207 e. The van der Waals surface area contributed by atoms with Crippen LogP contribution in [0.5, 0.6) is 0 Å². The number of sulfonamides is 1. The van der Waals surface area contributed by atoms with Gasteiger partial charge in [-0.15, -0.1) is 0 Å². The molecule has 0 saturated carbocycles. The van der Waals surface area contributed by atoms with Gasteiger partial charge in [0.05, 0.1) is 4.90 Å². The lowest BCUT2D eigenvalue weighted by molar-refractivity contribution is 0.567. The number of nitrogens with one attached hydrogen (secondary N) is 1. The Kier molecular flexibility index (Phi) is 5.37. The van der Waals surface area contributed by atoms with Crippen molar-refractivity contribution in [2.45, 2.75) is 44.6 Å². The molecular weight excluding hydrogens is 294 g/mol. The van der Waals surface area contributed by atoms with E-state index in [1.807, 2.05) is 50.2 Å². The predicted octanol–water partition coefficient (Wildman–Crippen LogP) is 3.85. The first-order valence-electron chi connectivity index (χ1n) is 7.66. The molecule has 2 aromatic rings. The van der Waals surface area contributed by atoms with E-state index >= 15 is 0 Å². The van der Waals surface area contributed by atoms with Gasteiger partial charge in [-0.25, -0.2) is 13.1 Å². The maximum atomic E-state index is 12.4. The summed E-state index contributed by atoms with van der Waals surface area (Å²) in [6.45, 7) is 6.00. The Labute approximate surface area is 133 Å². The molecular formula is C18H23NO2S. The first-order chi connectivity index (χ1) is 10.5. The van der Waals surface area contributed by atoms with E-state index in [0.29, 0.717) is 4.90 Å². The second-order valence-electron chi connectivity index (χ2n) is 5.44. The van der Waals surface area contributed by atoms with Gasteiger partial charge in [0.25, 0.3) is 0 Å². The number of hydrogen-bond acceptors (Lipinski definition) is 2. The summed E-state index contributed by atoms with van der Waals surface area (Å²) in [7, 11) is -3.50. The Hall–Kier alpha value is -1.65. The zero-order valence-electron chi connectivity index (χ0n) is 13.3. The van der Waals surface area contributed by atoms with Crippen LogP contribution in [0.4, 0.5) is 0 Å². The molecule has 2 aromatic carbocycles. The van der Waals surface area contributed by atoms with Crippen molar-refractivity contribution in [3.63, 3.8) is 0 Å². The van der Waals surface area contributed by atoms with E-state index in [9.17, 15) is 8.42 Å². The van der Waals surface area contributed by atoms with Gasteiger partial charge in [-0.1, -0.05) is 50.2 Å². The van der Waals surface area contributed by atoms with Crippen molar-refractivity contribution in [1.29, 1.82) is 0 Å². The maximum absolute atomic E-state index is 12.4. The van der Waals surface area contributed by atoms with E-state index in [1.54, 1.807) is 12.1 Å². The third kappa shape index (κ3) is 3.96. The number of hydrogen-bond donors (Lipinski definition) is 1. The number of benzene rings is 2. The monoisotopic (exact) mass is 317 g/mol. The lowest BCUT2D eigenvalue weighted by atomic mass is 10.1. The van der Waals surface area contributed by atoms with Crippen LogP contribution in [-0.4, -0.2) is 8.42 Å². The fraction of sp³-hybridized carbons (Fsp3) is 0.333. The fourth-order valence-electron chi connectivity index (χ4n) is 2.32. The summed E-state index contributed by atoms with van der Waals surface area (Å²) in [5, 5.41) is 0. The molecule has 1 atom stereocenters. The SMILES string of the molecule is CCc1ccc(C(C)NS(=O)(=O)c2ccc(CC)cc2)cc1. The van der Waals surface area contributed by atoms with Crippen LogP contribution in [0.1, 0.15) is 43.5 Å². The average molecular weight is 317 g/mol. The Bertz CT molecular complexity index is 704. The van der Waals surface area contributed by atoms with Crippen LogP contribution in [0.2, 0.25) is 0 Å². The van der Waals surface area contributed by atoms with Crippen molar-refractivity contribution in [2.75, 3.05) is 0 Å². The third-order valence-electron chi connectivity index (χ3n) is 3.86. The molecule has 22 heavy (non-hydrogen) atoms. The van der Waals surface area contributed by atoms with Gasteiger partial charge in [-0.2, -0.15) is 0 Å².